The van der Waals surface area contributed by atoms with Crippen LogP contribution in [0, 0.1) is 12.3 Å². The van der Waals surface area contributed by atoms with Crippen LogP contribution in [0.3, 0.4) is 0 Å². The van der Waals surface area contributed by atoms with Gasteiger partial charge in [-0.2, -0.15) is 0 Å². The normalized spacial score (nSPS) is 12.2. The van der Waals surface area contributed by atoms with Crippen molar-refractivity contribution in [1.29, 1.82) is 0 Å². The Kier molecular flexibility index (Phi) is 5.17. The zero-order chi connectivity index (χ0) is 13.1. The van der Waals surface area contributed by atoms with Crippen molar-refractivity contribution in [3.05, 3.63) is 33.8 Å². The van der Waals surface area contributed by atoms with Gasteiger partial charge in [0, 0.05) is 17.6 Å². The highest BCUT2D eigenvalue weighted by Gasteiger charge is 2.18. The Morgan fingerprint density at radius 1 is 1.35 bits per heavy atom. The van der Waals surface area contributed by atoms with Crippen LogP contribution in [0.5, 0.6) is 0 Å². The third kappa shape index (κ3) is 4.78. The fourth-order valence-electron chi connectivity index (χ4n) is 1.95. The summed E-state index contributed by atoms with van der Waals surface area (Å²) in [6, 6.07) is 6.44. The van der Waals surface area contributed by atoms with Crippen molar-refractivity contribution in [3.63, 3.8) is 0 Å². The number of hydrogen-bond acceptors (Lipinski definition) is 2. The molecule has 0 aromatic heterocycles. The molecule has 0 spiro atoms. The van der Waals surface area contributed by atoms with E-state index in [1.807, 2.05) is 0 Å². The molecule has 3 heteroatoms. The Balaban J connectivity index is 2.68. The summed E-state index contributed by atoms with van der Waals surface area (Å²) in [6.45, 7) is 9.26. The van der Waals surface area contributed by atoms with Crippen LogP contribution in [-0.2, 0) is 6.54 Å². The topological polar surface area (TPSA) is 29.3 Å². The molecule has 0 saturated heterocycles. The van der Waals surface area contributed by atoms with Crippen LogP contribution in [0.2, 0.25) is 0 Å². The number of aryl methyl sites for hydroxylation is 1. The van der Waals surface area contributed by atoms with E-state index in [2.05, 4.69) is 66.8 Å². The molecule has 1 rings (SSSR count). The average Bonchev–Trinajstić information content (AvgIpc) is 2.23. The largest absolute Gasteiger partial charge is 0.330 e. The molecule has 0 heterocycles. The van der Waals surface area contributed by atoms with Gasteiger partial charge in [0.05, 0.1) is 0 Å². The third-order valence-corrected chi connectivity index (χ3v) is 3.50. The summed E-state index contributed by atoms with van der Waals surface area (Å²) >= 11 is 3.52. The molecule has 17 heavy (non-hydrogen) atoms. The average molecular weight is 299 g/mol. The van der Waals surface area contributed by atoms with Crippen molar-refractivity contribution >= 4 is 15.9 Å². The zero-order valence-corrected chi connectivity index (χ0v) is 12.8. The van der Waals surface area contributed by atoms with Gasteiger partial charge in [-0.15, -0.1) is 0 Å². The molecule has 0 aliphatic rings. The maximum absolute atomic E-state index is 5.77. The first kappa shape index (κ1) is 14.7. The minimum absolute atomic E-state index is 0.175. The number of rotatable bonds is 5. The molecule has 2 N–H and O–H groups in total. The zero-order valence-electron chi connectivity index (χ0n) is 11.3. The van der Waals surface area contributed by atoms with Crippen LogP contribution in [0.1, 0.15) is 25.0 Å². The van der Waals surface area contributed by atoms with Gasteiger partial charge in [0.2, 0.25) is 0 Å². The predicted octanol–water partition coefficient (Wildman–Crippen LogP) is 3.17. The fourth-order valence-corrected chi connectivity index (χ4v) is 2.36. The lowest BCUT2D eigenvalue weighted by Crippen LogP contribution is -2.36. The standard InChI is InChI=1S/C14H23BrN2/c1-11-5-6-13(15)7-12(11)8-17(4)10-14(2,3)9-16/h5-7H,8-10,16H2,1-4H3. The second kappa shape index (κ2) is 5.98. The van der Waals surface area contributed by atoms with Crippen LogP contribution in [0.15, 0.2) is 22.7 Å². The molecule has 0 fully saturated rings. The summed E-state index contributed by atoms with van der Waals surface area (Å²) in [5.74, 6) is 0. The van der Waals surface area contributed by atoms with Crippen LogP contribution in [0.4, 0.5) is 0 Å². The van der Waals surface area contributed by atoms with Crippen molar-refractivity contribution < 1.29 is 0 Å². The van der Waals surface area contributed by atoms with E-state index in [1.54, 1.807) is 0 Å². The van der Waals surface area contributed by atoms with Gasteiger partial charge in [-0.25, -0.2) is 0 Å². The molecule has 0 bridgehead atoms. The first-order chi connectivity index (χ1) is 7.84. The van der Waals surface area contributed by atoms with E-state index in [0.717, 1.165) is 24.1 Å². The van der Waals surface area contributed by atoms with Gasteiger partial charge in [-0.1, -0.05) is 35.8 Å². The first-order valence-corrected chi connectivity index (χ1v) is 6.77. The van der Waals surface area contributed by atoms with Crippen molar-refractivity contribution in [2.24, 2.45) is 11.1 Å². The van der Waals surface area contributed by atoms with Crippen LogP contribution in [-0.4, -0.2) is 25.0 Å². The number of halogens is 1. The predicted molar refractivity (Wildman–Crippen MR) is 78.0 cm³/mol. The van der Waals surface area contributed by atoms with E-state index in [0.29, 0.717) is 0 Å². The lowest BCUT2D eigenvalue weighted by atomic mass is 9.93. The molecular formula is C14H23BrN2. The Morgan fingerprint density at radius 2 is 2.00 bits per heavy atom. The molecule has 0 aliphatic heterocycles. The van der Waals surface area contributed by atoms with E-state index in [9.17, 15) is 0 Å². The Morgan fingerprint density at radius 3 is 2.59 bits per heavy atom. The summed E-state index contributed by atoms with van der Waals surface area (Å²) in [5, 5.41) is 0. The number of nitrogens with zero attached hydrogens (tertiary/aromatic N) is 1. The molecule has 96 valence electrons. The number of hydrogen-bond donors (Lipinski definition) is 1. The molecule has 0 amide bonds. The number of benzene rings is 1. The minimum Gasteiger partial charge on any atom is -0.330 e. The van der Waals surface area contributed by atoms with Crippen LogP contribution >= 0.6 is 15.9 Å². The van der Waals surface area contributed by atoms with E-state index in [-0.39, 0.29) is 5.41 Å². The molecule has 2 nitrogen and oxygen atoms in total. The van der Waals surface area contributed by atoms with E-state index in [4.69, 9.17) is 5.73 Å². The lowest BCUT2D eigenvalue weighted by molar-refractivity contribution is 0.209. The van der Waals surface area contributed by atoms with Crippen molar-refractivity contribution in [2.45, 2.75) is 27.3 Å². The maximum atomic E-state index is 5.77. The SMILES string of the molecule is Cc1ccc(Br)cc1CN(C)CC(C)(C)CN. The monoisotopic (exact) mass is 298 g/mol. The van der Waals surface area contributed by atoms with Crippen LogP contribution in [0.25, 0.3) is 0 Å². The minimum atomic E-state index is 0.175. The van der Waals surface area contributed by atoms with Gasteiger partial charge in [-0.05, 0) is 49.2 Å². The lowest BCUT2D eigenvalue weighted by Gasteiger charge is -2.29. The molecule has 0 unspecified atom stereocenters. The number of nitrogens with two attached hydrogens (primary N) is 1. The van der Waals surface area contributed by atoms with Gasteiger partial charge in [0.1, 0.15) is 0 Å². The van der Waals surface area contributed by atoms with Gasteiger partial charge in [0.25, 0.3) is 0 Å². The van der Waals surface area contributed by atoms with E-state index in [1.165, 1.54) is 11.1 Å². The van der Waals surface area contributed by atoms with E-state index < -0.39 is 0 Å². The second-order valence-electron chi connectivity index (χ2n) is 5.61. The first-order valence-electron chi connectivity index (χ1n) is 5.98. The van der Waals surface area contributed by atoms with Crippen molar-refractivity contribution in [3.8, 4) is 0 Å². The molecule has 0 aliphatic carbocycles. The summed E-state index contributed by atoms with van der Waals surface area (Å²) in [6.07, 6.45) is 0. The smallest absolute Gasteiger partial charge is 0.0233 e. The fraction of sp³-hybridized carbons (Fsp3) is 0.571. The highest BCUT2D eigenvalue weighted by molar-refractivity contribution is 9.10. The molecule has 0 radical (unpaired) electrons. The van der Waals surface area contributed by atoms with E-state index >= 15 is 0 Å². The van der Waals surface area contributed by atoms with Gasteiger partial charge < -0.3 is 10.6 Å². The molecule has 1 aromatic carbocycles. The highest BCUT2D eigenvalue weighted by atomic mass is 79.9. The van der Waals surface area contributed by atoms with Gasteiger partial charge in [-0.3, -0.25) is 0 Å². The van der Waals surface area contributed by atoms with Crippen LogP contribution < -0.4 is 5.73 Å². The second-order valence-corrected chi connectivity index (χ2v) is 6.53. The van der Waals surface area contributed by atoms with Crippen molar-refractivity contribution in [1.82, 2.24) is 4.90 Å². The summed E-state index contributed by atoms with van der Waals surface area (Å²) in [7, 11) is 2.15. The third-order valence-electron chi connectivity index (χ3n) is 3.00. The van der Waals surface area contributed by atoms with Gasteiger partial charge in [0.15, 0.2) is 0 Å². The summed E-state index contributed by atoms with van der Waals surface area (Å²) in [5.41, 5.74) is 8.65. The maximum Gasteiger partial charge on any atom is 0.0233 e. The van der Waals surface area contributed by atoms with Crippen molar-refractivity contribution in [2.75, 3.05) is 20.1 Å². The molecule has 0 saturated carbocycles. The summed E-state index contributed by atoms with van der Waals surface area (Å²) in [4.78, 5) is 2.33. The highest BCUT2D eigenvalue weighted by Crippen LogP contribution is 2.20. The Hall–Kier alpha value is -0.380. The Bertz CT molecular complexity index is 374. The molecular weight excluding hydrogens is 276 g/mol. The Labute approximate surface area is 113 Å². The summed E-state index contributed by atoms with van der Waals surface area (Å²) < 4.78 is 1.14. The molecule has 1 aromatic rings. The molecule has 0 atom stereocenters. The quantitative estimate of drug-likeness (QED) is 0.905. The van der Waals surface area contributed by atoms with Gasteiger partial charge >= 0.3 is 0 Å².